The lowest BCUT2D eigenvalue weighted by Crippen LogP contribution is -2.48. The topological polar surface area (TPSA) is 55.3 Å². The maximum absolute atomic E-state index is 12.7. The van der Waals surface area contributed by atoms with Crippen LogP contribution in [-0.4, -0.2) is 69.3 Å². The minimum Gasteiger partial charge on any atom is -0.405 e. The number of alkyl halides is 3. The standard InChI is InChI=1S/C22H32F3N3O3/c1-3-26-21(28-11-9-16(10-12-28)30-14-6-13-29-2)27-19-15-18(19)17-7-4-5-8-20(17)31-22(23,24)25/h4-5,7-8,16,18-19H,3,6,9-15H2,1-2H3,(H,26,27). The van der Waals surface area contributed by atoms with Crippen molar-refractivity contribution in [3.05, 3.63) is 29.8 Å². The van der Waals surface area contributed by atoms with E-state index in [0.717, 1.165) is 44.7 Å². The summed E-state index contributed by atoms with van der Waals surface area (Å²) in [6, 6.07) is 6.42. The Morgan fingerprint density at radius 1 is 1.19 bits per heavy atom. The molecule has 174 valence electrons. The molecule has 0 bridgehead atoms. The van der Waals surface area contributed by atoms with Crippen molar-refractivity contribution >= 4 is 5.96 Å². The first kappa shape index (κ1) is 23.7. The van der Waals surface area contributed by atoms with E-state index in [0.29, 0.717) is 25.3 Å². The normalized spacial score (nSPS) is 22.5. The first-order valence-electron chi connectivity index (χ1n) is 10.9. The highest BCUT2D eigenvalue weighted by molar-refractivity contribution is 5.81. The van der Waals surface area contributed by atoms with Crippen molar-refractivity contribution in [2.45, 2.75) is 57.0 Å². The van der Waals surface area contributed by atoms with Gasteiger partial charge in [0.1, 0.15) is 5.75 Å². The molecule has 1 N–H and O–H groups in total. The van der Waals surface area contributed by atoms with Gasteiger partial charge in [-0.15, -0.1) is 13.2 Å². The van der Waals surface area contributed by atoms with E-state index in [1.807, 2.05) is 6.92 Å². The van der Waals surface area contributed by atoms with E-state index in [-0.39, 0.29) is 23.8 Å². The third-order valence-electron chi connectivity index (χ3n) is 5.54. The lowest BCUT2D eigenvalue weighted by molar-refractivity contribution is -0.274. The maximum Gasteiger partial charge on any atom is 0.573 e. The second kappa shape index (κ2) is 11.0. The fourth-order valence-electron chi connectivity index (χ4n) is 3.94. The van der Waals surface area contributed by atoms with Crippen LogP contribution in [-0.2, 0) is 9.47 Å². The maximum atomic E-state index is 12.7. The smallest absolute Gasteiger partial charge is 0.405 e. The molecular weight excluding hydrogens is 411 g/mol. The van der Waals surface area contributed by atoms with Crippen molar-refractivity contribution in [3.8, 4) is 5.75 Å². The van der Waals surface area contributed by atoms with Gasteiger partial charge in [0.05, 0.1) is 6.10 Å². The number of piperidine rings is 1. The van der Waals surface area contributed by atoms with E-state index >= 15 is 0 Å². The Balaban J connectivity index is 1.52. The summed E-state index contributed by atoms with van der Waals surface area (Å²) in [7, 11) is 1.69. The molecule has 2 fully saturated rings. The summed E-state index contributed by atoms with van der Waals surface area (Å²) in [4.78, 5) is 6.83. The monoisotopic (exact) mass is 443 g/mol. The van der Waals surface area contributed by atoms with Crippen molar-refractivity contribution in [2.24, 2.45) is 4.99 Å². The van der Waals surface area contributed by atoms with Gasteiger partial charge in [0, 0.05) is 51.9 Å². The lowest BCUT2D eigenvalue weighted by atomic mass is 10.1. The predicted molar refractivity (Wildman–Crippen MR) is 112 cm³/mol. The first-order valence-corrected chi connectivity index (χ1v) is 10.9. The minimum absolute atomic E-state index is 0.0257. The lowest BCUT2D eigenvalue weighted by Gasteiger charge is -2.34. The Labute approximate surface area is 181 Å². The molecule has 9 heteroatoms. The van der Waals surface area contributed by atoms with Crippen molar-refractivity contribution in [1.29, 1.82) is 0 Å². The number of benzene rings is 1. The zero-order chi connectivity index (χ0) is 22.3. The van der Waals surface area contributed by atoms with Crippen molar-refractivity contribution in [1.82, 2.24) is 10.2 Å². The van der Waals surface area contributed by atoms with Gasteiger partial charge in [0.15, 0.2) is 5.96 Å². The third kappa shape index (κ3) is 7.28. The van der Waals surface area contributed by atoms with Gasteiger partial charge in [-0.1, -0.05) is 18.2 Å². The average molecular weight is 444 g/mol. The number of ether oxygens (including phenoxy) is 3. The molecule has 1 aromatic rings. The summed E-state index contributed by atoms with van der Waals surface area (Å²) in [6.07, 6.45) is -0.958. The minimum atomic E-state index is -4.70. The molecule has 1 aromatic carbocycles. The van der Waals surface area contributed by atoms with Crippen molar-refractivity contribution < 1.29 is 27.4 Å². The number of para-hydroxylation sites is 1. The van der Waals surface area contributed by atoms with Crippen molar-refractivity contribution in [3.63, 3.8) is 0 Å². The van der Waals surface area contributed by atoms with Gasteiger partial charge >= 0.3 is 6.36 Å². The van der Waals surface area contributed by atoms with Crippen LogP contribution in [0.4, 0.5) is 13.2 Å². The van der Waals surface area contributed by atoms with E-state index in [9.17, 15) is 13.2 Å². The van der Waals surface area contributed by atoms with Crippen LogP contribution >= 0.6 is 0 Å². The highest BCUT2D eigenvalue weighted by Gasteiger charge is 2.43. The number of rotatable bonds is 9. The van der Waals surface area contributed by atoms with Crippen LogP contribution in [0.1, 0.15) is 44.1 Å². The molecule has 1 saturated heterocycles. The fraction of sp³-hybridized carbons (Fsp3) is 0.682. The molecular formula is C22H32F3N3O3. The molecule has 1 aliphatic carbocycles. The molecule has 0 radical (unpaired) electrons. The molecule has 0 amide bonds. The molecule has 2 unspecified atom stereocenters. The van der Waals surface area contributed by atoms with E-state index in [4.69, 9.17) is 9.47 Å². The molecule has 0 aromatic heterocycles. The molecule has 1 saturated carbocycles. The average Bonchev–Trinajstić information content (AvgIpc) is 3.50. The molecule has 1 heterocycles. The van der Waals surface area contributed by atoms with E-state index < -0.39 is 6.36 Å². The van der Waals surface area contributed by atoms with E-state index in [1.54, 1.807) is 25.3 Å². The molecule has 31 heavy (non-hydrogen) atoms. The summed E-state index contributed by atoms with van der Waals surface area (Å²) in [5, 5.41) is 3.46. The third-order valence-corrected chi connectivity index (χ3v) is 5.54. The molecule has 2 aliphatic rings. The highest BCUT2D eigenvalue weighted by atomic mass is 19.4. The summed E-state index contributed by atoms with van der Waals surface area (Å²) in [5.74, 6) is 0.675. The molecule has 2 atom stereocenters. The fourth-order valence-corrected chi connectivity index (χ4v) is 3.94. The summed E-state index contributed by atoms with van der Waals surface area (Å²) in [5.41, 5.74) is 0.580. The number of nitrogens with one attached hydrogen (secondary N) is 1. The van der Waals surface area contributed by atoms with E-state index in [2.05, 4.69) is 19.9 Å². The first-order chi connectivity index (χ1) is 14.9. The Kier molecular flexibility index (Phi) is 8.43. The SMILES string of the molecule is CCN=C(NC1CC1c1ccccc1OC(F)(F)F)N1CCC(OCCCOC)CC1. The van der Waals surface area contributed by atoms with Gasteiger partial charge in [-0.25, -0.2) is 0 Å². The second-order valence-electron chi connectivity index (χ2n) is 7.88. The molecule has 1 aliphatic heterocycles. The number of hydrogen-bond donors (Lipinski definition) is 1. The van der Waals surface area contributed by atoms with Gasteiger partial charge in [-0.3, -0.25) is 4.99 Å². The number of aliphatic imine (C=N–C) groups is 1. The van der Waals surface area contributed by atoms with Gasteiger partial charge in [-0.2, -0.15) is 0 Å². The van der Waals surface area contributed by atoms with Crippen LogP contribution in [0.3, 0.4) is 0 Å². The van der Waals surface area contributed by atoms with Crippen molar-refractivity contribution in [2.75, 3.05) is 40.0 Å². The summed E-state index contributed by atoms with van der Waals surface area (Å²) in [6.45, 7) is 5.70. The molecule has 3 rings (SSSR count). The van der Waals surface area contributed by atoms with Crippen LogP contribution in [0.2, 0.25) is 0 Å². The largest absolute Gasteiger partial charge is 0.573 e. The van der Waals surface area contributed by atoms with Crippen LogP contribution in [0.15, 0.2) is 29.3 Å². The van der Waals surface area contributed by atoms with Gasteiger partial charge < -0.3 is 24.4 Å². The quantitative estimate of drug-likeness (QED) is 0.356. The summed E-state index contributed by atoms with van der Waals surface area (Å²) < 4.78 is 53.4. The van der Waals surface area contributed by atoms with E-state index in [1.165, 1.54) is 6.07 Å². The Morgan fingerprint density at radius 2 is 1.94 bits per heavy atom. The number of guanidine groups is 1. The Hall–Kier alpha value is -2.00. The molecule has 6 nitrogen and oxygen atoms in total. The van der Waals surface area contributed by atoms with Crippen LogP contribution in [0, 0.1) is 0 Å². The van der Waals surface area contributed by atoms with Gasteiger partial charge in [0.2, 0.25) is 0 Å². The number of nitrogens with zero attached hydrogens (tertiary/aromatic N) is 2. The number of likely N-dealkylation sites (tertiary alicyclic amines) is 1. The Morgan fingerprint density at radius 3 is 2.61 bits per heavy atom. The Bertz CT molecular complexity index is 721. The number of hydrogen-bond acceptors (Lipinski definition) is 4. The highest BCUT2D eigenvalue weighted by Crippen LogP contribution is 2.45. The number of methoxy groups -OCH3 is 1. The van der Waals surface area contributed by atoms with Crippen LogP contribution in [0.5, 0.6) is 5.75 Å². The van der Waals surface area contributed by atoms with Crippen LogP contribution < -0.4 is 10.1 Å². The summed E-state index contributed by atoms with van der Waals surface area (Å²) >= 11 is 0. The predicted octanol–water partition coefficient (Wildman–Crippen LogP) is 3.92. The second-order valence-corrected chi connectivity index (χ2v) is 7.88. The van der Waals surface area contributed by atoms with Crippen LogP contribution in [0.25, 0.3) is 0 Å². The number of halogens is 3. The zero-order valence-electron chi connectivity index (χ0n) is 18.2. The molecule has 0 spiro atoms. The van der Waals surface area contributed by atoms with Gasteiger partial charge in [-0.05, 0) is 44.2 Å². The van der Waals surface area contributed by atoms with Gasteiger partial charge in [0.25, 0.3) is 0 Å². The zero-order valence-corrected chi connectivity index (χ0v) is 18.2.